The molecule has 0 saturated heterocycles. The fraction of sp³-hybridized carbons (Fsp3) is 0.267. The number of carboxylic acid groups (broad SMARTS) is 1. The molecule has 0 aliphatic heterocycles. The molecule has 1 unspecified atom stereocenters. The predicted octanol–water partition coefficient (Wildman–Crippen LogP) is 4.68. The quantitative estimate of drug-likeness (QED) is 0.714. The van der Waals surface area contributed by atoms with E-state index in [0.717, 1.165) is 19.3 Å². The van der Waals surface area contributed by atoms with E-state index in [1.807, 2.05) is 0 Å². The lowest BCUT2D eigenvalue weighted by atomic mass is 9.94. The molecule has 1 aliphatic rings. The van der Waals surface area contributed by atoms with Gasteiger partial charge in [-0.3, -0.25) is 0 Å². The number of rotatable bonds is 3. The van der Waals surface area contributed by atoms with Gasteiger partial charge in [0.1, 0.15) is 5.82 Å². The SMILES string of the molecule is O=C(O)c1ccc(F)c(NC2CCCc3sc(I)cc32)c1. The van der Waals surface area contributed by atoms with Crippen LogP contribution in [-0.2, 0) is 6.42 Å². The van der Waals surface area contributed by atoms with Crippen LogP contribution in [0.1, 0.15) is 39.7 Å². The molecule has 2 N–H and O–H groups in total. The Morgan fingerprint density at radius 1 is 1.43 bits per heavy atom. The maximum Gasteiger partial charge on any atom is 0.335 e. The number of halogens is 2. The number of nitrogens with one attached hydrogen (secondary N) is 1. The first-order valence-electron chi connectivity index (χ1n) is 6.62. The number of hydrogen-bond donors (Lipinski definition) is 2. The molecule has 2 aromatic rings. The maximum atomic E-state index is 13.9. The first-order valence-corrected chi connectivity index (χ1v) is 8.51. The molecule has 0 amide bonds. The zero-order valence-corrected chi connectivity index (χ0v) is 14.0. The molecule has 0 bridgehead atoms. The highest BCUT2D eigenvalue weighted by atomic mass is 127. The lowest BCUT2D eigenvalue weighted by Crippen LogP contribution is -2.16. The lowest BCUT2D eigenvalue weighted by Gasteiger charge is -2.25. The van der Waals surface area contributed by atoms with E-state index in [2.05, 4.69) is 34.0 Å². The van der Waals surface area contributed by atoms with Crippen molar-refractivity contribution < 1.29 is 14.3 Å². The van der Waals surface area contributed by atoms with Crippen LogP contribution in [0.25, 0.3) is 0 Å². The van der Waals surface area contributed by atoms with Gasteiger partial charge >= 0.3 is 5.97 Å². The number of hydrogen-bond acceptors (Lipinski definition) is 3. The summed E-state index contributed by atoms with van der Waals surface area (Å²) in [6, 6.07) is 6.03. The lowest BCUT2D eigenvalue weighted by molar-refractivity contribution is 0.0697. The minimum Gasteiger partial charge on any atom is -0.478 e. The van der Waals surface area contributed by atoms with Gasteiger partial charge in [0, 0.05) is 4.88 Å². The third kappa shape index (κ3) is 3.06. The number of benzene rings is 1. The molecule has 1 aliphatic carbocycles. The monoisotopic (exact) mass is 417 g/mol. The molecular formula is C15H13FINO2S. The fourth-order valence-corrected chi connectivity index (χ4v) is 4.75. The topological polar surface area (TPSA) is 49.3 Å². The van der Waals surface area contributed by atoms with Crippen LogP contribution >= 0.6 is 33.9 Å². The first-order chi connectivity index (χ1) is 10.0. The van der Waals surface area contributed by atoms with Gasteiger partial charge in [0.25, 0.3) is 0 Å². The van der Waals surface area contributed by atoms with E-state index < -0.39 is 11.8 Å². The van der Waals surface area contributed by atoms with Gasteiger partial charge in [0.15, 0.2) is 0 Å². The average molecular weight is 417 g/mol. The molecule has 110 valence electrons. The van der Waals surface area contributed by atoms with E-state index in [4.69, 9.17) is 5.11 Å². The molecule has 1 heterocycles. The van der Waals surface area contributed by atoms with Crippen molar-refractivity contribution in [2.75, 3.05) is 5.32 Å². The summed E-state index contributed by atoms with van der Waals surface area (Å²) in [6.45, 7) is 0. The van der Waals surface area contributed by atoms with E-state index in [1.165, 1.54) is 31.5 Å². The van der Waals surface area contributed by atoms with E-state index >= 15 is 0 Å². The fourth-order valence-electron chi connectivity index (χ4n) is 2.63. The van der Waals surface area contributed by atoms with E-state index in [-0.39, 0.29) is 17.3 Å². The van der Waals surface area contributed by atoms with Crippen LogP contribution in [0.15, 0.2) is 24.3 Å². The van der Waals surface area contributed by atoms with Gasteiger partial charge in [-0.15, -0.1) is 11.3 Å². The van der Waals surface area contributed by atoms with Crippen molar-refractivity contribution in [1.82, 2.24) is 0 Å². The highest BCUT2D eigenvalue weighted by Gasteiger charge is 2.23. The van der Waals surface area contributed by atoms with Crippen LogP contribution in [0.4, 0.5) is 10.1 Å². The Morgan fingerprint density at radius 3 is 3.00 bits per heavy atom. The normalized spacial score (nSPS) is 17.3. The smallest absolute Gasteiger partial charge is 0.335 e. The van der Waals surface area contributed by atoms with Gasteiger partial charge in [-0.25, -0.2) is 9.18 Å². The van der Waals surface area contributed by atoms with Crippen molar-refractivity contribution in [2.45, 2.75) is 25.3 Å². The molecule has 6 heteroatoms. The maximum absolute atomic E-state index is 13.9. The summed E-state index contributed by atoms with van der Waals surface area (Å²) in [5.41, 5.74) is 1.57. The van der Waals surface area contributed by atoms with E-state index in [0.29, 0.717) is 0 Å². The number of anilines is 1. The number of carbonyl (C=O) groups is 1. The van der Waals surface area contributed by atoms with Crippen LogP contribution < -0.4 is 5.32 Å². The molecule has 3 rings (SSSR count). The van der Waals surface area contributed by atoms with Crippen LogP contribution in [-0.4, -0.2) is 11.1 Å². The van der Waals surface area contributed by atoms with Gasteiger partial charge in [-0.1, -0.05) is 0 Å². The summed E-state index contributed by atoms with van der Waals surface area (Å²) in [5, 5.41) is 12.2. The number of thiophene rings is 1. The summed E-state index contributed by atoms with van der Waals surface area (Å²) in [6.07, 6.45) is 3.05. The van der Waals surface area contributed by atoms with Crippen LogP contribution in [0.5, 0.6) is 0 Å². The molecule has 1 aromatic heterocycles. The van der Waals surface area contributed by atoms with Gasteiger partial charge < -0.3 is 10.4 Å². The van der Waals surface area contributed by atoms with Crippen molar-refractivity contribution in [2.24, 2.45) is 0 Å². The largest absolute Gasteiger partial charge is 0.478 e. The highest BCUT2D eigenvalue weighted by Crippen LogP contribution is 2.38. The Kier molecular flexibility index (Phi) is 4.17. The molecule has 0 fully saturated rings. The first kappa shape index (κ1) is 14.8. The van der Waals surface area contributed by atoms with Crippen molar-refractivity contribution in [3.8, 4) is 0 Å². The molecule has 0 spiro atoms. The second-order valence-corrected chi connectivity index (χ2v) is 8.05. The van der Waals surface area contributed by atoms with Crippen molar-refractivity contribution in [3.05, 3.63) is 49.0 Å². The molecule has 1 aromatic carbocycles. The van der Waals surface area contributed by atoms with Crippen LogP contribution in [0, 0.1) is 8.70 Å². The number of aryl methyl sites for hydroxylation is 1. The third-order valence-electron chi connectivity index (χ3n) is 3.63. The molecular weight excluding hydrogens is 404 g/mol. The molecule has 1 atom stereocenters. The van der Waals surface area contributed by atoms with Crippen molar-refractivity contribution in [3.63, 3.8) is 0 Å². The summed E-state index contributed by atoms with van der Waals surface area (Å²) in [4.78, 5) is 12.4. The van der Waals surface area contributed by atoms with Crippen LogP contribution in [0.2, 0.25) is 0 Å². The standard InChI is InChI=1S/C15H13FINO2S/c16-10-5-4-8(15(19)20)6-12(10)18-11-2-1-3-13-9(11)7-14(17)21-13/h4-7,11,18H,1-3H2,(H,19,20). The number of aromatic carboxylic acids is 1. The second kappa shape index (κ2) is 5.92. The molecule has 0 radical (unpaired) electrons. The Balaban J connectivity index is 1.91. The summed E-state index contributed by atoms with van der Waals surface area (Å²) in [5.74, 6) is -1.47. The van der Waals surface area contributed by atoms with Gasteiger partial charge in [-0.05, 0) is 71.7 Å². The molecule has 21 heavy (non-hydrogen) atoms. The Morgan fingerprint density at radius 2 is 2.24 bits per heavy atom. The summed E-state index contributed by atoms with van der Waals surface area (Å²) < 4.78 is 15.1. The van der Waals surface area contributed by atoms with Crippen molar-refractivity contribution in [1.29, 1.82) is 0 Å². The van der Waals surface area contributed by atoms with Gasteiger partial charge in [0.2, 0.25) is 0 Å². The number of fused-ring (bicyclic) bond motifs is 1. The average Bonchev–Trinajstić information content (AvgIpc) is 2.82. The van der Waals surface area contributed by atoms with Crippen LogP contribution in [0.3, 0.4) is 0 Å². The van der Waals surface area contributed by atoms with E-state index in [1.54, 1.807) is 11.3 Å². The zero-order chi connectivity index (χ0) is 15.0. The Bertz CT molecular complexity index is 701. The molecule has 3 nitrogen and oxygen atoms in total. The third-order valence-corrected chi connectivity index (χ3v) is 5.60. The second-order valence-electron chi connectivity index (χ2n) is 5.02. The minimum atomic E-state index is -1.05. The Hall–Kier alpha value is -1.15. The van der Waals surface area contributed by atoms with E-state index in [9.17, 15) is 9.18 Å². The highest BCUT2D eigenvalue weighted by molar-refractivity contribution is 14.1. The minimum absolute atomic E-state index is 0.0482. The van der Waals surface area contributed by atoms with Gasteiger partial charge in [0.05, 0.1) is 20.2 Å². The van der Waals surface area contributed by atoms with Gasteiger partial charge in [-0.2, -0.15) is 0 Å². The zero-order valence-electron chi connectivity index (χ0n) is 11.0. The Labute approximate surface area is 139 Å². The summed E-state index contributed by atoms with van der Waals surface area (Å²) >= 11 is 4.08. The predicted molar refractivity (Wildman–Crippen MR) is 89.7 cm³/mol. The van der Waals surface area contributed by atoms with Crippen molar-refractivity contribution >= 4 is 45.6 Å². The summed E-state index contributed by atoms with van der Waals surface area (Å²) in [7, 11) is 0. The number of carboxylic acids is 1. The molecule has 0 saturated carbocycles.